The maximum atomic E-state index is 12.3. The zero-order chi connectivity index (χ0) is 16.5. The fourth-order valence-corrected chi connectivity index (χ4v) is 4.37. The fourth-order valence-electron chi connectivity index (χ4n) is 4.37. The minimum absolute atomic E-state index is 0.103. The molecule has 0 radical (unpaired) electrons. The van der Waals surface area contributed by atoms with Crippen LogP contribution in [0.3, 0.4) is 0 Å². The highest BCUT2D eigenvalue weighted by molar-refractivity contribution is 5.96. The zero-order valence-electron chi connectivity index (χ0n) is 14.5. The van der Waals surface area contributed by atoms with E-state index in [1.54, 1.807) is 0 Å². The van der Waals surface area contributed by atoms with Crippen LogP contribution < -0.4 is 4.74 Å². The second kappa shape index (κ2) is 6.71. The normalized spacial score (nSPS) is 25.3. The molecule has 1 amide bonds. The highest BCUT2D eigenvalue weighted by Gasteiger charge is 2.31. The van der Waals surface area contributed by atoms with E-state index in [0.717, 1.165) is 56.3 Å². The Morgan fingerprint density at radius 1 is 1.21 bits per heavy atom. The van der Waals surface area contributed by atoms with Gasteiger partial charge >= 0.3 is 0 Å². The lowest BCUT2D eigenvalue weighted by Gasteiger charge is -2.27. The first-order chi connectivity index (χ1) is 11.7. The largest absolute Gasteiger partial charge is 0.473 e. The second-order valence-corrected chi connectivity index (χ2v) is 7.24. The average molecular weight is 329 g/mol. The van der Waals surface area contributed by atoms with Crippen LogP contribution in [0.15, 0.2) is 12.1 Å². The monoisotopic (exact) mass is 329 g/mol. The van der Waals surface area contributed by atoms with Gasteiger partial charge < -0.3 is 9.64 Å². The van der Waals surface area contributed by atoms with E-state index in [0.29, 0.717) is 5.88 Å². The first-order valence-electron chi connectivity index (χ1n) is 9.44. The molecule has 24 heavy (non-hydrogen) atoms. The number of rotatable bonds is 4. The van der Waals surface area contributed by atoms with E-state index in [9.17, 15) is 4.79 Å². The number of nitrogens with zero attached hydrogens (tertiary/aromatic N) is 3. The van der Waals surface area contributed by atoms with E-state index in [1.165, 1.54) is 25.7 Å². The number of hydrogen-bond donors (Lipinski definition) is 0. The molecule has 0 N–H and O–H groups in total. The number of likely N-dealkylation sites (tertiary alicyclic amines) is 1. The molecule has 1 atom stereocenters. The summed E-state index contributed by atoms with van der Waals surface area (Å²) >= 11 is 0. The van der Waals surface area contributed by atoms with E-state index in [2.05, 4.69) is 9.88 Å². The van der Waals surface area contributed by atoms with Crippen molar-refractivity contribution in [2.45, 2.75) is 57.6 Å². The first kappa shape index (κ1) is 15.9. The maximum absolute atomic E-state index is 12.3. The van der Waals surface area contributed by atoms with E-state index in [1.807, 2.05) is 24.0 Å². The molecule has 2 fully saturated rings. The molecule has 3 heterocycles. The molecule has 5 heteroatoms. The number of carbonyl (C=O) groups is 1. The van der Waals surface area contributed by atoms with Crippen LogP contribution in [0.4, 0.5) is 0 Å². The molecule has 0 spiro atoms. The number of ether oxygens (including phenoxy) is 1. The van der Waals surface area contributed by atoms with Crippen LogP contribution in [0.25, 0.3) is 0 Å². The van der Waals surface area contributed by atoms with Crippen molar-refractivity contribution in [3.05, 3.63) is 23.4 Å². The molecular weight excluding hydrogens is 302 g/mol. The number of carbonyl (C=O) groups excluding carboxylic acids is 1. The van der Waals surface area contributed by atoms with Gasteiger partial charge in [-0.15, -0.1) is 0 Å². The van der Waals surface area contributed by atoms with Gasteiger partial charge in [-0.2, -0.15) is 0 Å². The summed E-state index contributed by atoms with van der Waals surface area (Å²) in [6.07, 6.45) is 7.59. The van der Waals surface area contributed by atoms with Gasteiger partial charge in [-0.25, -0.2) is 4.98 Å². The Hall–Kier alpha value is -1.62. The number of amides is 1. The molecule has 1 saturated heterocycles. The topological polar surface area (TPSA) is 45.7 Å². The van der Waals surface area contributed by atoms with Gasteiger partial charge in [-0.3, -0.25) is 9.69 Å². The van der Waals surface area contributed by atoms with E-state index >= 15 is 0 Å². The van der Waals surface area contributed by atoms with Crippen molar-refractivity contribution in [2.24, 2.45) is 0 Å². The van der Waals surface area contributed by atoms with E-state index in [-0.39, 0.29) is 12.0 Å². The summed E-state index contributed by atoms with van der Waals surface area (Å²) in [7, 11) is 0. The summed E-state index contributed by atoms with van der Waals surface area (Å²) in [6, 6.07) is 4.53. The van der Waals surface area contributed by atoms with Crippen molar-refractivity contribution in [1.29, 1.82) is 0 Å². The Morgan fingerprint density at radius 2 is 2.04 bits per heavy atom. The summed E-state index contributed by atoms with van der Waals surface area (Å²) < 4.78 is 6.14. The Kier molecular flexibility index (Phi) is 4.44. The lowest BCUT2D eigenvalue weighted by molar-refractivity contribution is 0.0746. The molecule has 1 aromatic heterocycles. The van der Waals surface area contributed by atoms with Crippen LogP contribution in [0.1, 0.15) is 55.1 Å². The molecule has 1 saturated carbocycles. The SMILES string of the molecule is CCN1CCc2nc(O[C@H]3CCN(C4CCCC4)C3)ccc2C1=O. The predicted octanol–water partition coefficient (Wildman–Crippen LogP) is 2.50. The van der Waals surface area contributed by atoms with E-state index < -0.39 is 0 Å². The molecule has 3 aliphatic rings. The molecule has 0 unspecified atom stereocenters. The summed E-state index contributed by atoms with van der Waals surface area (Å²) in [4.78, 5) is 21.4. The molecular formula is C19H27N3O2. The van der Waals surface area contributed by atoms with Crippen LogP contribution in [0.2, 0.25) is 0 Å². The van der Waals surface area contributed by atoms with Gasteiger partial charge in [0.15, 0.2) is 0 Å². The van der Waals surface area contributed by atoms with Gasteiger partial charge in [-0.1, -0.05) is 12.8 Å². The number of aromatic nitrogens is 1. The molecule has 130 valence electrons. The quantitative estimate of drug-likeness (QED) is 0.851. The number of pyridine rings is 1. The second-order valence-electron chi connectivity index (χ2n) is 7.24. The van der Waals surface area contributed by atoms with Crippen molar-refractivity contribution < 1.29 is 9.53 Å². The lowest BCUT2D eigenvalue weighted by atomic mass is 10.1. The molecule has 2 aliphatic heterocycles. The average Bonchev–Trinajstić information content (AvgIpc) is 3.26. The molecule has 0 bridgehead atoms. The molecule has 1 aliphatic carbocycles. The third kappa shape index (κ3) is 3.02. The highest BCUT2D eigenvalue weighted by atomic mass is 16.5. The van der Waals surface area contributed by atoms with Gasteiger partial charge in [0.1, 0.15) is 6.10 Å². The minimum Gasteiger partial charge on any atom is -0.473 e. The number of fused-ring (bicyclic) bond motifs is 1. The van der Waals surface area contributed by atoms with Crippen molar-refractivity contribution in [3.8, 4) is 5.88 Å². The molecule has 5 nitrogen and oxygen atoms in total. The van der Waals surface area contributed by atoms with E-state index in [4.69, 9.17) is 4.74 Å². The van der Waals surface area contributed by atoms with Gasteiger partial charge in [0, 0.05) is 44.7 Å². The van der Waals surface area contributed by atoms with Gasteiger partial charge in [-0.05, 0) is 32.3 Å². The Balaban J connectivity index is 1.40. The van der Waals surface area contributed by atoms with Crippen LogP contribution in [0, 0.1) is 0 Å². The van der Waals surface area contributed by atoms with Gasteiger partial charge in [0.25, 0.3) is 5.91 Å². The Labute approximate surface area is 144 Å². The highest BCUT2D eigenvalue weighted by Crippen LogP contribution is 2.28. The minimum atomic E-state index is 0.103. The molecule has 0 aromatic carbocycles. The van der Waals surface area contributed by atoms with Gasteiger partial charge in [0.05, 0.1) is 11.3 Å². The van der Waals surface area contributed by atoms with Crippen molar-refractivity contribution in [2.75, 3.05) is 26.2 Å². The third-order valence-corrected chi connectivity index (χ3v) is 5.77. The molecule has 4 rings (SSSR count). The van der Waals surface area contributed by atoms with Crippen LogP contribution >= 0.6 is 0 Å². The summed E-state index contributed by atoms with van der Waals surface area (Å²) in [6.45, 7) is 5.70. The maximum Gasteiger partial charge on any atom is 0.255 e. The zero-order valence-corrected chi connectivity index (χ0v) is 14.5. The molecule has 1 aromatic rings. The van der Waals surface area contributed by atoms with Crippen molar-refractivity contribution in [3.63, 3.8) is 0 Å². The summed E-state index contributed by atoms with van der Waals surface area (Å²) in [5.74, 6) is 0.788. The Bertz CT molecular complexity index is 613. The first-order valence-corrected chi connectivity index (χ1v) is 9.44. The van der Waals surface area contributed by atoms with Crippen LogP contribution in [-0.4, -0.2) is 59.0 Å². The summed E-state index contributed by atoms with van der Waals surface area (Å²) in [5.41, 5.74) is 1.64. The lowest BCUT2D eigenvalue weighted by Crippen LogP contribution is -2.37. The fraction of sp³-hybridized carbons (Fsp3) is 0.684. The number of likely N-dealkylation sites (N-methyl/N-ethyl adjacent to an activating group) is 1. The third-order valence-electron chi connectivity index (χ3n) is 5.77. The van der Waals surface area contributed by atoms with Crippen LogP contribution in [0.5, 0.6) is 5.88 Å². The predicted molar refractivity (Wildman–Crippen MR) is 92.4 cm³/mol. The van der Waals surface area contributed by atoms with Crippen molar-refractivity contribution in [1.82, 2.24) is 14.8 Å². The standard InChI is InChI=1S/C19H27N3O2/c1-2-21-12-10-17-16(19(21)23)7-8-18(20-17)24-15-9-11-22(13-15)14-5-3-4-6-14/h7-8,14-15H,2-6,9-13H2,1H3/t15-/m0/s1. The Morgan fingerprint density at radius 3 is 2.83 bits per heavy atom. The van der Waals surface area contributed by atoms with Crippen LogP contribution in [-0.2, 0) is 6.42 Å². The van der Waals surface area contributed by atoms with Gasteiger partial charge in [0.2, 0.25) is 5.88 Å². The number of hydrogen-bond acceptors (Lipinski definition) is 4. The van der Waals surface area contributed by atoms with Crippen molar-refractivity contribution >= 4 is 5.91 Å². The smallest absolute Gasteiger partial charge is 0.255 e. The summed E-state index contributed by atoms with van der Waals surface area (Å²) in [5, 5.41) is 0.